The third kappa shape index (κ3) is 5.43. The number of carbonyl (C=O) groups is 1. The van der Waals surface area contributed by atoms with Crippen molar-refractivity contribution in [3.63, 3.8) is 0 Å². The first-order valence-electron chi connectivity index (χ1n) is 14.6. The number of carbonyl (C=O) groups excluding carboxylic acids is 1. The van der Waals surface area contributed by atoms with Gasteiger partial charge in [-0.05, 0) is 37.6 Å². The van der Waals surface area contributed by atoms with Gasteiger partial charge in [0.1, 0.15) is 5.82 Å². The van der Waals surface area contributed by atoms with Gasteiger partial charge < -0.3 is 15.0 Å². The fourth-order valence-corrected chi connectivity index (χ4v) is 6.69. The van der Waals surface area contributed by atoms with Crippen molar-refractivity contribution in [2.75, 3.05) is 57.4 Å². The molecule has 2 fully saturated rings. The summed E-state index contributed by atoms with van der Waals surface area (Å²) in [4.78, 5) is 33.8. The third-order valence-corrected chi connectivity index (χ3v) is 8.85. The summed E-state index contributed by atoms with van der Waals surface area (Å²) in [6, 6.07) is 9.16. The molecule has 0 aliphatic carbocycles. The molecule has 220 valence electrons. The highest BCUT2D eigenvalue weighted by Crippen LogP contribution is 2.41. The Morgan fingerprint density at radius 1 is 1.20 bits per heavy atom. The van der Waals surface area contributed by atoms with Crippen molar-refractivity contribution < 1.29 is 13.9 Å². The van der Waals surface area contributed by atoms with Gasteiger partial charge >= 0.3 is 5.69 Å². The second-order valence-corrected chi connectivity index (χ2v) is 12.6. The van der Waals surface area contributed by atoms with Crippen molar-refractivity contribution in [1.29, 1.82) is 0 Å². The van der Waals surface area contributed by atoms with Gasteiger partial charge in [0.15, 0.2) is 5.65 Å². The summed E-state index contributed by atoms with van der Waals surface area (Å²) >= 11 is 0. The van der Waals surface area contributed by atoms with Crippen LogP contribution in [0.15, 0.2) is 35.1 Å². The zero-order valence-corrected chi connectivity index (χ0v) is 24.3. The number of nitrogens with one attached hydrogen (secondary N) is 2. The molecular weight excluding hydrogens is 525 g/mol. The summed E-state index contributed by atoms with van der Waals surface area (Å²) < 4.78 is 20.8. The fourth-order valence-electron chi connectivity index (χ4n) is 6.69. The highest BCUT2D eigenvalue weighted by molar-refractivity contribution is 5.97. The highest BCUT2D eigenvalue weighted by Gasteiger charge is 2.42. The average molecular weight is 566 g/mol. The maximum atomic E-state index is 14.1. The number of pyridine rings is 1. The molecule has 10 nitrogen and oxygen atoms in total. The maximum Gasteiger partial charge on any atom is 0.348 e. The van der Waals surface area contributed by atoms with Crippen molar-refractivity contribution in [3.05, 3.63) is 63.5 Å². The van der Waals surface area contributed by atoms with Crippen LogP contribution in [0.4, 0.5) is 10.1 Å². The molecule has 5 heterocycles. The van der Waals surface area contributed by atoms with E-state index < -0.39 is 5.41 Å². The predicted octanol–water partition coefficient (Wildman–Crippen LogP) is 1.76. The van der Waals surface area contributed by atoms with Crippen molar-refractivity contribution in [3.8, 4) is 0 Å². The van der Waals surface area contributed by atoms with E-state index in [1.807, 2.05) is 11.0 Å². The minimum atomic E-state index is -0.454. The second kappa shape index (κ2) is 10.9. The van der Waals surface area contributed by atoms with Gasteiger partial charge in [0.05, 0.1) is 31.1 Å². The van der Waals surface area contributed by atoms with Crippen molar-refractivity contribution in [2.24, 2.45) is 0 Å². The van der Waals surface area contributed by atoms with E-state index in [9.17, 15) is 14.0 Å². The number of amides is 1. The quantitative estimate of drug-likeness (QED) is 0.470. The first kappa shape index (κ1) is 28.0. The van der Waals surface area contributed by atoms with Crippen LogP contribution in [0.2, 0.25) is 0 Å². The smallest absolute Gasteiger partial charge is 0.348 e. The number of fused-ring (bicyclic) bond motifs is 3. The first-order chi connectivity index (χ1) is 19.6. The molecular formula is C30H40FN7O3. The SMILES string of the molecule is C[C@@H]1CN(CC(=O)N2CC(C)(C)c3c2cc(Cc2ccc(F)cc2)c2n[nH]c(=O)n32)[C@@H](CN2CCOC[C@H]2C)CN1. The van der Waals surface area contributed by atoms with Gasteiger partial charge in [0.2, 0.25) is 5.91 Å². The molecule has 2 N–H and O–H groups in total. The molecule has 2 aromatic heterocycles. The number of aromatic amines is 1. The minimum Gasteiger partial charge on any atom is -0.379 e. The van der Waals surface area contributed by atoms with Gasteiger partial charge in [-0.3, -0.25) is 14.6 Å². The van der Waals surface area contributed by atoms with E-state index in [4.69, 9.17) is 4.74 Å². The molecule has 41 heavy (non-hydrogen) atoms. The molecule has 1 aromatic carbocycles. The zero-order valence-electron chi connectivity index (χ0n) is 24.3. The summed E-state index contributed by atoms with van der Waals surface area (Å²) in [6.45, 7) is 14.1. The van der Waals surface area contributed by atoms with E-state index in [1.54, 1.807) is 16.5 Å². The van der Waals surface area contributed by atoms with Crippen LogP contribution in [-0.4, -0.2) is 101 Å². The van der Waals surface area contributed by atoms with Crippen LogP contribution < -0.4 is 15.9 Å². The summed E-state index contributed by atoms with van der Waals surface area (Å²) in [6.07, 6.45) is 0.457. The first-order valence-corrected chi connectivity index (χ1v) is 14.6. The lowest BCUT2D eigenvalue weighted by molar-refractivity contribution is -0.121. The number of morpholine rings is 1. The average Bonchev–Trinajstić information content (AvgIpc) is 3.44. The van der Waals surface area contributed by atoms with Crippen LogP contribution in [0.3, 0.4) is 0 Å². The molecule has 3 aliphatic rings. The molecule has 0 unspecified atom stereocenters. The van der Waals surface area contributed by atoms with Crippen LogP contribution in [0.25, 0.3) is 5.65 Å². The van der Waals surface area contributed by atoms with Gasteiger partial charge in [-0.1, -0.05) is 26.0 Å². The van der Waals surface area contributed by atoms with Crippen LogP contribution in [0, 0.1) is 5.82 Å². The van der Waals surface area contributed by atoms with E-state index in [0.717, 1.165) is 61.9 Å². The molecule has 1 amide bonds. The summed E-state index contributed by atoms with van der Waals surface area (Å²) in [5, 5.41) is 10.5. The van der Waals surface area contributed by atoms with Crippen molar-refractivity contribution in [2.45, 2.75) is 57.7 Å². The van der Waals surface area contributed by atoms with Crippen LogP contribution in [0.5, 0.6) is 0 Å². The maximum absolute atomic E-state index is 14.1. The van der Waals surface area contributed by atoms with Crippen molar-refractivity contribution in [1.82, 2.24) is 29.7 Å². The number of halogens is 1. The van der Waals surface area contributed by atoms with E-state index in [1.165, 1.54) is 12.1 Å². The molecule has 3 aromatic rings. The Labute approximate surface area is 239 Å². The largest absolute Gasteiger partial charge is 0.379 e. The standard InChI is InChI=1S/C30H40FN7O3/c1-19-14-36(24(13-32-19)15-35-9-10-41-17-20(35)2)16-26(39)37-18-30(3,4)27-25(37)12-22(28-33-34-29(40)38(27)28)11-21-5-7-23(31)8-6-21/h5-8,12,19-20,24,32H,9-11,13-18H2,1-4H3,(H,34,40)/t19-,20-,24-/m1/s1. The normalized spacial score (nSPS) is 25.1. The summed E-state index contributed by atoms with van der Waals surface area (Å²) in [5.41, 5.74) is 2.99. The van der Waals surface area contributed by atoms with Gasteiger partial charge in [-0.25, -0.2) is 18.7 Å². The van der Waals surface area contributed by atoms with E-state index in [0.29, 0.717) is 31.2 Å². The molecule has 3 atom stereocenters. The summed E-state index contributed by atoms with van der Waals surface area (Å²) in [7, 11) is 0. The number of anilines is 1. The number of piperazine rings is 1. The number of ether oxygens (including phenoxy) is 1. The molecule has 0 spiro atoms. The zero-order chi connectivity index (χ0) is 28.9. The molecule has 6 rings (SSSR count). The third-order valence-electron chi connectivity index (χ3n) is 8.85. The number of rotatable bonds is 6. The fraction of sp³-hybridized carbons (Fsp3) is 0.567. The lowest BCUT2D eigenvalue weighted by Gasteiger charge is -2.43. The number of H-pyrrole nitrogens is 1. The Morgan fingerprint density at radius 2 is 1.98 bits per heavy atom. The number of benzene rings is 1. The van der Waals surface area contributed by atoms with Crippen LogP contribution >= 0.6 is 0 Å². The van der Waals surface area contributed by atoms with Crippen LogP contribution in [0.1, 0.15) is 44.5 Å². The molecule has 0 radical (unpaired) electrons. The number of nitrogens with zero attached hydrogens (tertiary/aromatic N) is 5. The topological polar surface area (TPSA) is 98.2 Å². The van der Waals surface area contributed by atoms with Crippen LogP contribution in [-0.2, 0) is 21.4 Å². The summed E-state index contributed by atoms with van der Waals surface area (Å²) in [5.74, 6) is -0.277. The molecule has 0 bridgehead atoms. The Bertz CT molecular complexity index is 1480. The van der Waals surface area contributed by atoms with E-state index in [-0.39, 0.29) is 29.5 Å². The molecule has 11 heteroatoms. The Kier molecular flexibility index (Phi) is 7.48. The van der Waals surface area contributed by atoms with Gasteiger partial charge in [-0.2, -0.15) is 5.10 Å². The Morgan fingerprint density at radius 3 is 2.73 bits per heavy atom. The highest BCUT2D eigenvalue weighted by atomic mass is 19.1. The van der Waals surface area contributed by atoms with E-state index in [2.05, 4.69) is 53.0 Å². The second-order valence-electron chi connectivity index (χ2n) is 12.6. The molecule has 2 saturated heterocycles. The lowest BCUT2D eigenvalue weighted by atomic mass is 9.90. The Hall–Kier alpha value is -3.12. The van der Waals surface area contributed by atoms with Gasteiger partial charge in [0.25, 0.3) is 0 Å². The molecule has 0 saturated carbocycles. The number of hydrogen-bond acceptors (Lipinski definition) is 7. The van der Waals surface area contributed by atoms with Crippen molar-refractivity contribution >= 4 is 17.2 Å². The predicted molar refractivity (Wildman–Crippen MR) is 155 cm³/mol. The minimum absolute atomic E-state index is 0.0228. The Balaban J connectivity index is 1.31. The number of aromatic nitrogens is 3. The monoisotopic (exact) mass is 565 g/mol. The van der Waals surface area contributed by atoms with Gasteiger partial charge in [-0.15, -0.1) is 0 Å². The lowest BCUT2D eigenvalue weighted by Crippen LogP contribution is -2.62. The van der Waals surface area contributed by atoms with Gasteiger partial charge in [0, 0.05) is 68.2 Å². The van der Waals surface area contributed by atoms with E-state index >= 15 is 0 Å². The number of hydrogen-bond donors (Lipinski definition) is 2. The molecule has 3 aliphatic heterocycles.